The normalized spacial score (nSPS) is 14.3. The minimum Gasteiger partial charge on any atom is -0.461 e. The van der Waals surface area contributed by atoms with Crippen molar-refractivity contribution in [3.8, 4) is 0 Å². The van der Waals surface area contributed by atoms with Crippen LogP contribution in [0.15, 0.2) is 47.5 Å². The van der Waals surface area contributed by atoms with Crippen molar-refractivity contribution >= 4 is 35.0 Å². The molecule has 0 unspecified atom stereocenters. The van der Waals surface area contributed by atoms with Crippen LogP contribution in [0, 0.1) is 0 Å². The van der Waals surface area contributed by atoms with Crippen LogP contribution in [-0.2, 0) is 10.5 Å². The van der Waals surface area contributed by atoms with Crippen LogP contribution in [0.2, 0.25) is 5.02 Å². The number of hydrogen-bond acceptors (Lipinski definition) is 4. The van der Waals surface area contributed by atoms with Crippen molar-refractivity contribution in [3.05, 3.63) is 64.6 Å². The van der Waals surface area contributed by atoms with Crippen LogP contribution in [0.4, 0.5) is 0 Å². The van der Waals surface area contributed by atoms with Gasteiger partial charge in [0.1, 0.15) is 0 Å². The summed E-state index contributed by atoms with van der Waals surface area (Å²) in [5.74, 6) is 0.829. The largest absolute Gasteiger partial charge is 0.461 e. The van der Waals surface area contributed by atoms with E-state index in [0.717, 1.165) is 29.2 Å². The summed E-state index contributed by atoms with van der Waals surface area (Å²) in [5.41, 5.74) is 3.23. The first-order chi connectivity index (χ1) is 13.2. The first-order valence-corrected chi connectivity index (χ1v) is 10.6. The fourth-order valence-electron chi connectivity index (χ4n) is 3.29. The molecule has 4 rings (SSSR count). The lowest BCUT2D eigenvalue weighted by Gasteiger charge is -2.24. The van der Waals surface area contributed by atoms with E-state index < -0.39 is 0 Å². The topological polar surface area (TPSA) is 43.6 Å². The molecule has 0 saturated heterocycles. The van der Waals surface area contributed by atoms with Gasteiger partial charge in [0.05, 0.1) is 17.3 Å². The van der Waals surface area contributed by atoms with Gasteiger partial charge in [-0.2, -0.15) is 0 Å². The number of aromatic nitrogens is 2. The van der Waals surface area contributed by atoms with Crippen LogP contribution in [0.1, 0.15) is 53.8 Å². The SMILES string of the molecule is CCOC(=O)c1c(C2CCC2)nc2c(Cl)cc(SCc3ccccc3)cn12. The van der Waals surface area contributed by atoms with Gasteiger partial charge < -0.3 is 4.74 Å². The van der Waals surface area contributed by atoms with Gasteiger partial charge in [-0.05, 0) is 31.4 Å². The van der Waals surface area contributed by atoms with Gasteiger partial charge in [0.2, 0.25) is 0 Å². The summed E-state index contributed by atoms with van der Waals surface area (Å²) < 4.78 is 7.13. The molecule has 2 heterocycles. The number of benzene rings is 1. The van der Waals surface area contributed by atoms with Crippen LogP contribution in [-0.4, -0.2) is 22.0 Å². The number of thioether (sulfide) groups is 1. The van der Waals surface area contributed by atoms with Gasteiger partial charge in [0.25, 0.3) is 0 Å². The summed E-state index contributed by atoms with van der Waals surface area (Å²) >= 11 is 8.22. The van der Waals surface area contributed by atoms with Gasteiger partial charge in [0, 0.05) is 22.8 Å². The van der Waals surface area contributed by atoms with Gasteiger partial charge in [-0.1, -0.05) is 48.4 Å². The third kappa shape index (κ3) is 3.71. The van der Waals surface area contributed by atoms with E-state index in [9.17, 15) is 4.79 Å². The zero-order chi connectivity index (χ0) is 18.8. The molecule has 2 aromatic heterocycles. The van der Waals surface area contributed by atoms with E-state index in [1.54, 1.807) is 11.8 Å². The first kappa shape index (κ1) is 18.4. The third-order valence-electron chi connectivity index (χ3n) is 4.89. The molecule has 6 heteroatoms. The minimum atomic E-state index is -0.326. The Kier molecular flexibility index (Phi) is 5.41. The molecule has 0 amide bonds. The maximum Gasteiger partial charge on any atom is 0.357 e. The highest BCUT2D eigenvalue weighted by atomic mass is 35.5. The zero-order valence-electron chi connectivity index (χ0n) is 15.2. The van der Waals surface area contributed by atoms with Crippen LogP contribution >= 0.6 is 23.4 Å². The predicted molar refractivity (Wildman–Crippen MR) is 109 cm³/mol. The molecule has 3 aromatic rings. The highest BCUT2D eigenvalue weighted by molar-refractivity contribution is 7.98. The molecule has 4 nitrogen and oxygen atoms in total. The Morgan fingerprint density at radius 2 is 2.11 bits per heavy atom. The van der Waals surface area contributed by atoms with E-state index in [1.807, 2.05) is 41.8 Å². The number of hydrogen-bond donors (Lipinski definition) is 0. The number of halogens is 1. The Hall–Kier alpha value is -1.98. The first-order valence-electron chi connectivity index (χ1n) is 9.22. The highest BCUT2D eigenvalue weighted by Crippen LogP contribution is 2.39. The molecule has 0 radical (unpaired) electrons. The van der Waals surface area contributed by atoms with Crippen molar-refractivity contribution in [2.24, 2.45) is 0 Å². The number of esters is 1. The summed E-state index contributed by atoms with van der Waals surface area (Å²) in [4.78, 5) is 18.4. The van der Waals surface area contributed by atoms with Crippen LogP contribution in [0.5, 0.6) is 0 Å². The van der Waals surface area contributed by atoms with E-state index >= 15 is 0 Å². The van der Waals surface area contributed by atoms with Crippen molar-refractivity contribution in [1.82, 2.24) is 9.38 Å². The lowest BCUT2D eigenvalue weighted by atomic mass is 9.82. The number of carbonyl (C=O) groups excluding carboxylic acids is 1. The molecule has 1 fully saturated rings. The molecule has 0 spiro atoms. The summed E-state index contributed by atoms with van der Waals surface area (Å²) in [6.45, 7) is 2.16. The minimum absolute atomic E-state index is 0.320. The smallest absolute Gasteiger partial charge is 0.357 e. The summed E-state index contributed by atoms with van der Waals surface area (Å²) in [7, 11) is 0. The maximum absolute atomic E-state index is 12.7. The molecule has 0 aliphatic heterocycles. The summed E-state index contributed by atoms with van der Waals surface area (Å²) in [6.07, 6.45) is 5.25. The molecule has 140 valence electrons. The lowest BCUT2D eigenvalue weighted by molar-refractivity contribution is 0.0515. The van der Waals surface area contributed by atoms with Gasteiger partial charge in [-0.15, -0.1) is 11.8 Å². The molecular weight excluding hydrogens is 380 g/mol. The van der Waals surface area contributed by atoms with Crippen LogP contribution < -0.4 is 0 Å². The Morgan fingerprint density at radius 3 is 2.78 bits per heavy atom. The number of nitrogens with zero attached hydrogens (tertiary/aromatic N) is 2. The van der Waals surface area contributed by atoms with E-state index in [0.29, 0.717) is 28.9 Å². The number of carbonyl (C=O) groups is 1. The molecule has 0 bridgehead atoms. The molecule has 0 N–H and O–H groups in total. The maximum atomic E-state index is 12.7. The fourth-order valence-corrected chi connectivity index (χ4v) is 4.51. The Balaban J connectivity index is 1.72. The third-order valence-corrected chi connectivity index (χ3v) is 6.20. The van der Waals surface area contributed by atoms with Gasteiger partial charge in [-0.3, -0.25) is 4.40 Å². The molecular formula is C21H21ClN2O2S. The average molecular weight is 401 g/mol. The Bertz CT molecular complexity index is 967. The number of pyridine rings is 1. The second-order valence-corrected chi connectivity index (χ2v) is 8.14. The van der Waals surface area contributed by atoms with Crippen molar-refractivity contribution in [1.29, 1.82) is 0 Å². The van der Waals surface area contributed by atoms with E-state index in [2.05, 4.69) is 12.1 Å². The number of rotatable bonds is 6. The molecule has 0 atom stereocenters. The second-order valence-electron chi connectivity index (χ2n) is 6.69. The molecule has 1 aromatic carbocycles. The van der Waals surface area contributed by atoms with Crippen molar-refractivity contribution in [2.45, 2.75) is 42.8 Å². The number of imidazole rings is 1. The second kappa shape index (κ2) is 7.95. The molecule has 1 aliphatic rings. The predicted octanol–water partition coefficient (Wildman–Crippen LogP) is 5.72. The van der Waals surface area contributed by atoms with Crippen LogP contribution in [0.25, 0.3) is 5.65 Å². The molecule has 27 heavy (non-hydrogen) atoms. The number of fused-ring (bicyclic) bond motifs is 1. The van der Waals surface area contributed by atoms with E-state index in [-0.39, 0.29) is 5.97 Å². The molecule has 1 saturated carbocycles. The van der Waals surface area contributed by atoms with Gasteiger partial charge in [0.15, 0.2) is 11.3 Å². The number of ether oxygens (including phenoxy) is 1. The van der Waals surface area contributed by atoms with E-state index in [1.165, 1.54) is 12.0 Å². The van der Waals surface area contributed by atoms with Crippen molar-refractivity contribution in [3.63, 3.8) is 0 Å². The molecule has 1 aliphatic carbocycles. The van der Waals surface area contributed by atoms with E-state index in [4.69, 9.17) is 21.3 Å². The Morgan fingerprint density at radius 1 is 1.33 bits per heavy atom. The monoisotopic (exact) mass is 400 g/mol. The highest BCUT2D eigenvalue weighted by Gasteiger charge is 2.31. The average Bonchev–Trinajstić information content (AvgIpc) is 2.99. The van der Waals surface area contributed by atoms with Crippen molar-refractivity contribution in [2.75, 3.05) is 6.61 Å². The summed E-state index contributed by atoms with van der Waals surface area (Å²) in [6, 6.07) is 12.2. The Labute approximate surface area is 167 Å². The summed E-state index contributed by atoms with van der Waals surface area (Å²) in [5, 5.41) is 0.559. The van der Waals surface area contributed by atoms with Crippen molar-refractivity contribution < 1.29 is 9.53 Å². The quantitative estimate of drug-likeness (QED) is 0.391. The zero-order valence-corrected chi connectivity index (χ0v) is 16.7. The van der Waals surface area contributed by atoms with Crippen LogP contribution in [0.3, 0.4) is 0 Å². The van der Waals surface area contributed by atoms with Gasteiger partial charge in [-0.25, -0.2) is 9.78 Å². The standard InChI is InChI=1S/C21H21ClN2O2S/c1-2-26-21(25)19-18(15-9-6-10-15)23-20-17(22)11-16(12-24(19)20)27-13-14-7-4-3-5-8-14/h3-5,7-8,11-12,15H,2,6,9-10,13H2,1H3. The fraction of sp³-hybridized carbons (Fsp3) is 0.333. The van der Waals surface area contributed by atoms with Gasteiger partial charge >= 0.3 is 5.97 Å². The lowest BCUT2D eigenvalue weighted by Crippen LogP contribution is -2.16.